The van der Waals surface area contributed by atoms with E-state index >= 15 is 0 Å². The van der Waals surface area contributed by atoms with Crippen molar-refractivity contribution in [2.24, 2.45) is 5.92 Å². The zero-order valence-corrected chi connectivity index (χ0v) is 12.2. The van der Waals surface area contributed by atoms with Crippen molar-refractivity contribution in [2.75, 3.05) is 11.9 Å². The maximum absolute atomic E-state index is 13.8. The van der Waals surface area contributed by atoms with Crippen molar-refractivity contribution in [1.29, 1.82) is 0 Å². The highest BCUT2D eigenvalue weighted by molar-refractivity contribution is 6.00. The van der Waals surface area contributed by atoms with E-state index in [1.54, 1.807) is 4.90 Å². The van der Waals surface area contributed by atoms with Crippen LogP contribution in [0.15, 0.2) is 16.9 Å². The summed E-state index contributed by atoms with van der Waals surface area (Å²) in [7, 11) is 0. The number of amides is 1. The molecule has 1 unspecified atom stereocenters. The highest BCUT2D eigenvalue weighted by atomic mass is 19.1. The summed E-state index contributed by atoms with van der Waals surface area (Å²) in [6, 6.07) is 2.43. The molecule has 1 fully saturated rings. The van der Waals surface area contributed by atoms with Crippen molar-refractivity contribution in [3.63, 3.8) is 0 Å². The number of rotatable bonds is 1. The predicted molar refractivity (Wildman–Crippen MR) is 80.3 cm³/mol. The Bertz CT molecular complexity index is 941. The fraction of sp³-hybridized carbons (Fsp3) is 0.375. The van der Waals surface area contributed by atoms with Gasteiger partial charge in [0.2, 0.25) is 5.91 Å². The first-order chi connectivity index (χ1) is 11.1. The van der Waals surface area contributed by atoms with Gasteiger partial charge in [-0.3, -0.25) is 9.59 Å². The first-order valence-electron chi connectivity index (χ1n) is 7.70. The van der Waals surface area contributed by atoms with Crippen LogP contribution in [-0.2, 0) is 11.3 Å². The van der Waals surface area contributed by atoms with Crippen molar-refractivity contribution >= 4 is 22.4 Å². The molecule has 2 aliphatic heterocycles. The number of carbonyl (C=O) groups is 1. The average molecular weight is 312 g/mol. The summed E-state index contributed by atoms with van der Waals surface area (Å²) in [6.07, 6.45) is 1.88. The molecule has 6 nitrogen and oxygen atoms in total. The topological polar surface area (TPSA) is 75.2 Å². The summed E-state index contributed by atoms with van der Waals surface area (Å²) in [5.74, 6) is -0.229. The molecule has 5 rings (SSSR count). The van der Waals surface area contributed by atoms with Gasteiger partial charge in [-0.05, 0) is 25.0 Å². The van der Waals surface area contributed by atoms with E-state index in [0.29, 0.717) is 29.9 Å². The first-order valence-corrected chi connectivity index (χ1v) is 7.70. The Morgan fingerprint density at radius 1 is 1.30 bits per heavy atom. The Morgan fingerprint density at radius 2 is 2.13 bits per heavy atom. The maximum Gasteiger partial charge on any atom is 0.296 e. The molecule has 3 heterocycles. The summed E-state index contributed by atoms with van der Waals surface area (Å²) in [5.41, 5.74) is 1.54. The first kappa shape index (κ1) is 12.9. The summed E-state index contributed by atoms with van der Waals surface area (Å²) >= 11 is 0. The minimum Gasteiger partial charge on any atom is -0.376 e. The Balaban J connectivity index is 1.73. The van der Waals surface area contributed by atoms with E-state index in [1.165, 1.54) is 12.1 Å². The molecule has 1 amide bonds. The third-order valence-corrected chi connectivity index (χ3v) is 4.84. The highest BCUT2D eigenvalue weighted by Gasteiger charge is 2.40. The number of aromatic nitrogens is 2. The van der Waals surface area contributed by atoms with Crippen molar-refractivity contribution in [3.05, 3.63) is 39.6 Å². The monoisotopic (exact) mass is 312 g/mol. The SMILES string of the molecule is O=C(C1CC1)N1Cc2nnc(=O)c3cc(F)cc4c3c2C(C1)N4. The highest BCUT2D eigenvalue weighted by Crippen LogP contribution is 2.43. The minimum absolute atomic E-state index is 0.123. The van der Waals surface area contributed by atoms with Crippen LogP contribution in [0.2, 0.25) is 0 Å². The summed E-state index contributed by atoms with van der Waals surface area (Å²) in [5, 5.41) is 11.9. The van der Waals surface area contributed by atoms with Crippen LogP contribution in [0.5, 0.6) is 0 Å². The summed E-state index contributed by atoms with van der Waals surface area (Å²) < 4.78 is 13.8. The van der Waals surface area contributed by atoms with E-state index in [2.05, 4.69) is 15.5 Å². The third kappa shape index (κ3) is 1.79. The van der Waals surface area contributed by atoms with Gasteiger partial charge in [0.15, 0.2) is 0 Å². The summed E-state index contributed by atoms with van der Waals surface area (Å²) in [6.45, 7) is 0.865. The Morgan fingerprint density at radius 3 is 2.91 bits per heavy atom. The minimum atomic E-state index is -0.544. The van der Waals surface area contributed by atoms with Crippen molar-refractivity contribution in [3.8, 4) is 0 Å². The molecule has 23 heavy (non-hydrogen) atoms. The average Bonchev–Trinajstić information content (AvgIpc) is 3.31. The summed E-state index contributed by atoms with van der Waals surface area (Å²) in [4.78, 5) is 26.3. The van der Waals surface area contributed by atoms with Gasteiger partial charge in [-0.1, -0.05) is 0 Å². The molecule has 2 aromatic rings. The normalized spacial score (nSPS) is 21.4. The van der Waals surface area contributed by atoms with Gasteiger partial charge < -0.3 is 10.2 Å². The third-order valence-electron chi connectivity index (χ3n) is 4.84. The van der Waals surface area contributed by atoms with Gasteiger partial charge in [0.05, 0.1) is 23.7 Å². The lowest BCUT2D eigenvalue weighted by molar-refractivity contribution is -0.133. The number of benzene rings is 1. The van der Waals surface area contributed by atoms with E-state index in [0.717, 1.165) is 18.4 Å². The second kappa shape index (κ2) is 4.24. The van der Waals surface area contributed by atoms with Crippen LogP contribution >= 0.6 is 0 Å². The number of hydrogen-bond donors (Lipinski definition) is 1. The molecule has 1 aromatic carbocycles. The molecule has 0 bridgehead atoms. The lowest BCUT2D eigenvalue weighted by Gasteiger charge is -2.31. The molecule has 1 aliphatic carbocycles. The molecule has 0 saturated heterocycles. The fourth-order valence-electron chi connectivity index (χ4n) is 3.65. The molecule has 7 heteroatoms. The van der Waals surface area contributed by atoms with E-state index in [4.69, 9.17) is 0 Å². The number of hydrogen-bond acceptors (Lipinski definition) is 5. The molecule has 116 valence electrons. The van der Waals surface area contributed by atoms with Crippen LogP contribution in [0.3, 0.4) is 0 Å². The molecule has 1 saturated carbocycles. The van der Waals surface area contributed by atoms with Crippen molar-refractivity contribution in [2.45, 2.75) is 25.4 Å². The Kier molecular flexibility index (Phi) is 2.39. The number of halogens is 1. The fourth-order valence-corrected chi connectivity index (χ4v) is 3.65. The van der Waals surface area contributed by atoms with Crippen LogP contribution in [0.4, 0.5) is 10.1 Å². The van der Waals surface area contributed by atoms with Crippen LogP contribution < -0.4 is 10.9 Å². The molecule has 1 N–H and O–H groups in total. The van der Waals surface area contributed by atoms with Gasteiger partial charge in [0, 0.05) is 29.1 Å². The van der Waals surface area contributed by atoms with Crippen LogP contribution in [0.1, 0.15) is 30.1 Å². The number of anilines is 1. The molecular weight excluding hydrogens is 299 g/mol. The maximum atomic E-state index is 13.8. The van der Waals surface area contributed by atoms with Gasteiger partial charge >= 0.3 is 0 Å². The van der Waals surface area contributed by atoms with Crippen LogP contribution in [0, 0.1) is 11.7 Å². The molecule has 0 spiro atoms. The van der Waals surface area contributed by atoms with Gasteiger partial charge in [-0.15, -0.1) is 10.2 Å². The van der Waals surface area contributed by atoms with E-state index in [1.807, 2.05) is 0 Å². The number of nitrogens with zero attached hydrogens (tertiary/aromatic N) is 3. The number of nitrogens with one attached hydrogen (secondary N) is 1. The predicted octanol–water partition coefficient (Wildman–Crippen LogP) is 1.35. The van der Waals surface area contributed by atoms with E-state index in [-0.39, 0.29) is 23.3 Å². The second-order valence-corrected chi connectivity index (χ2v) is 6.43. The van der Waals surface area contributed by atoms with Crippen molar-refractivity contribution < 1.29 is 9.18 Å². The lowest BCUT2D eigenvalue weighted by atomic mass is 9.98. The van der Waals surface area contributed by atoms with E-state index in [9.17, 15) is 14.0 Å². The lowest BCUT2D eigenvalue weighted by Crippen LogP contribution is -2.40. The molecule has 1 aromatic heterocycles. The Labute approximate surface area is 130 Å². The van der Waals surface area contributed by atoms with Gasteiger partial charge in [0.1, 0.15) is 5.82 Å². The Hall–Kier alpha value is -2.57. The standard InChI is InChI=1S/C16H13FN4O2/c17-8-3-9-13-10(4-8)18-11-5-21(16(23)7-1-2-7)6-12(14(11)13)19-20-15(9)22/h3-4,7,11,18H,1-2,5-6H2. The van der Waals surface area contributed by atoms with Gasteiger partial charge in [-0.2, -0.15) is 0 Å². The van der Waals surface area contributed by atoms with Crippen LogP contribution in [0.25, 0.3) is 10.8 Å². The largest absolute Gasteiger partial charge is 0.376 e. The second-order valence-electron chi connectivity index (χ2n) is 6.43. The molecular formula is C16H13FN4O2. The zero-order chi connectivity index (χ0) is 15.7. The van der Waals surface area contributed by atoms with Gasteiger partial charge in [0.25, 0.3) is 5.56 Å². The molecule has 3 aliphatic rings. The molecule has 1 atom stereocenters. The van der Waals surface area contributed by atoms with E-state index < -0.39 is 11.4 Å². The zero-order valence-electron chi connectivity index (χ0n) is 12.2. The van der Waals surface area contributed by atoms with Crippen molar-refractivity contribution in [1.82, 2.24) is 15.1 Å². The van der Waals surface area contributed by atoms with Gasteiger partial charge in [-0.25, -0.2) is 4.39 Å². The quantitative estimate of drug-likeness (QED) is 0.860. The van der Waals surface area contributed by atoms with Crippen LogP contribution in [-0.4, -0.2) is 27.5 Å². The molecule has 0 radical (unpaired) electrons. The smallest absolute Gasteiger partial charge is 0.296 e. The number of carbonyl (C=O) groups excluding carboxylic acids is 1.